The molecular formula is C8H11NO. The Morgan fingerprint density at radius 3 is 2.70 bits per heavy atom. The van der Waals surface area contributed by atoms with Gasteiger partial charge in [0.25, 0.3) is 0 Å². The van der Waals surface area contributed by atoms with Gasteiger partial charge in [-0.3, -0.25) is 4.79 Å². The predicted molar refractivity (Wildman–Crippen MR) is 40.2 cm³/mol. The summed E-state index contributed by atoms with van der Waals surface area (Å²) in [6.45, 7) is 4.98. The molecule has 0 radical (unpaired) electrons. The maximum atomic E-state index is 10.3. The number of carbonyl (C=O) groups is 1. The molecule has 0 aliphatic heterocycles. The number of aldehydes is 1. The molecule has 0 saturated heterocycles. The van der Waals surface area contributed by atoms with Gasteiger partial charge in [0.2, 0.25) is 0 Å². The zero-order valence-corrected chi connectivity index (χ0v) is 6.29. The van der Waals surface area contributed by atoms with Gasteiger partial charge in [-0.1, -0.05) is 0 Å². The summed E-state index contributed by atoms with van der Waals surface area (Å²) in [5.74, 6) is 0. The number of aromatic nitrogens is 1. The highest BCUT2D eigenvalue weighted by molar-refractivity contribution is 5.74. The van der Waals surface area contributed by atoms with Crippen molar-refractivity contribution in [3.05, 3.63) is 23.5 Å². The van der Waals surface area contributed by atoms with E-state index in [9.17, 15) is 4.79 Å². The summed E-state index contributed by atoms with van der Waals surface area (Å²) in [6, 6.07) is 1.89. The fraction of sp³-hybridized carbons (Fsp3) is 0.375. The first-order valence-corrected chi connectivity index (χ1v) is 3.40. The molecule has 0 aliphatic carbocycles. The molecule has 2 nitrogen and oxygen atoms in total. The number of hydrogen-bond donors (Lipinski definition) is 0. The number of aryl methyl sites for hydroxylation is 2. The van der Waals surface area contributed by atoms with Crippen LogP contribution in [0.1, 0.15) is 23.0 Å². The summed E-state index contributed by atoms with van der Waals surface area (Å²) >= 11 is 0. The summed E-state index contributed by atoms with van der Waals surface area (Å²) in [7, 11) is 0. The molecule has 1 heterocycles. The van der Waals surface area contributed by atoms with Gasteiger partial charge in [-0.25, -0.2) is 0 Å². The van der Waals surface area contributed by atoms with E-state index in [2.05, 4.69) is 6.92 Å². The molecule has 0 amide bonds. The minimum absolute atomic E-state index is 0.763. The van der Waals surface area contributed by atoms with E-state index in [0.717, 1.165) is 24.1 Å². The first-order chi connectivity index (χ1) is 4.77. The van der Waals surface area contributed by atoms with Gasteiger partial charge in [-0.05, 0) is 19.9 Å². The lowest BCUT2D eigenvalue weighted by molar-refractivity contribution is 0.112. The van der Waals surface area contributed by atoms with Crippen LogP contribution in [0.2, 0.25) is 0 Å². The average molecular weight is 137 g/mol. The van der Waals surface area contributed by atoms with E-state index in [1.165, 1.54) is 0 Å². The van der Waals surface area contributed by atoms with Crippen LogP contribution >= 0.6 is 0 Å². The van der Waals surface area contributed by atoms with Crippen LogP contribution in [0.15, 0.2) is 12.3 Å². The van der Waals surface area contributed by atoms with E-state index in [1.54, 1.807) is 0 Å². The summed E-state index contributed by atoms with van der Waals surface area (Å²) in [5, 5.41) is 0. The smallest absolute Gasteiger partial charge is 0.151 e. The molecular weight excluding hydrogens is 126 g/mol. The second-order valence-electron chi connectivity index (χ2n) is 2.32. The van der Waals surface area contributed by atoms with Crippen LogP contribution in [0.3, 0.4) is 0 Å². The number of rotatable bonds is 2. The maximum absolute atomic E-state index is 10.3. The lowest BCUT2D eigenvalue weighted by Gasteiger charge is -1.97. The molecule has 1 aromatic heterocycles. The summed E-state index contributed by atoms with van der Waals surface area (Å²) in [5.41, 5.74) is 1.91. The van der Waals surface area contributed by atoms with E-state index >= 15 is 0 Å². The molecule has 0 bridgehead atoms. The van der Waals surface area contributed by atoms with Gasteiger partial charge in [0.05, 0.1) is 0 Å². The first-order valence-electron chi connectivity index (χ1n) is 3.40. The Kier molecular flexibility index (Phi) is 1.90. The van der Waals surface area contributed by atoms with Gasteiger partial charge >= 0.3 is 0 Å². The van der Waals surface area contributed by atoms with E-state index in [-0.39, 0.29) is 0 Å². The van der Waals surface area contributed by atoms with Crippen molar-refractivity contribution in [2.45, 2.75) is 20.4 Å². The van der Waals surface area contributed by atoms with Crippen molar-refractivity contribution >= 4 is 6.29 Å². The fourth-order valence-corrected chi connectivity index (χ4v) is 1.05. The van der Waals surface area contributed by atoms with Gasteiger partial charge in [-0.2, -0.15) is 0 Å². The average Bonchev–Trinajstić information content (AvgIpc) is 2.30. The van der Waals surface area contributed by atoms with Crippen molar-refractivity contribution in [2.75, 3.05) is 0 Å². The van der Waals surface area contributed by atoms with Crippen molar-refractivity contribution in [2.24, 2.45) is 0 Å². The molecule has 0 aromatic carbocycles. The monoisotopic (exact) mass is 137 g/mol. The van der Waals surface area contributed by atoms with Crippen LogP contribution < -0.4 is 0 Å². The third-order valence-corrected chi connectivity index (χ3v) is 1.61. The quantitative estimate of drug-likeness (QED) is 0.568. The second kappa shape index (κ2) is 2.69. The zero-order chi connectivity index (χ0) is 7.56. The first kappa shape index (κ1) is 7.06. The number of carbonyl (C=O) groups excluding carboxylic acids is 1. The van der Waals surface area contributed by atoms with Crippen LogP contribution in [-0.4, -0.2) is 10.9 Å². The molecule has 2 heteroatoms. The molecule has 0 unspecified atom stereocenters. The molecule has 0 saturated carbocycles. The Hall–Kier alpha value is -1.05. The Morgan fingerprint density at radius 2 is 2.40 bits per heavy atom. The van der Waals surface area contributed by atoms with E-state index in [4.69, 9.17) is 0 Å². The third kappa shape index (κ3) is 1.10. The van der Waals surface area contributed by atoms with Crippen molar-refractivity contribution in [3.8, 4) is 0 Å². The minimum atomic E-state index is 0.763. The van der Waals surface area contributed by atoms with Gasteiger partial charge in [-0.15, -0.1) is 0 Å². The SMILES string of the molecule is CCn1cc(C=O)cc1C. The Labute approximate surface area is 60.5 Å². The maximum Gasteiger partial charge on any atom is 0.151 e. The highest BCUT2D eigenvalue weighted by atomic mass is 16.1. The Bertz CT molecular complexity index is 237. The molecule has 0 atom stereocenters. The predicted octanol–water partition coefficient (Wildman–Crippen LogP) is 1.63. The van der Waals surface area contributed by atoms with Crippen molar-refractivity contribution < 1.29 is 4.79 Å². The summed E-state index contributed by atoms with van der Waals surface area (Å²) in [6.07, 6.45) is 2.74. The van der Waals surface area contributed by atoms with Crippen LogP contribution in [0.4, 0.5) is 0 Å². The molecule has 0 fully saturated rings. The minimum Gasteiger partial charge on any atom is -0.351 e. The summed E-state index contributed by atoms with van der Waals surface area (Å²) in [4.78, 5) is 10.3. The molecule has 1 aromatic rings. The second-order valence-corrected chi connectivity index (χ2v) is 2.32. The molecule has 54 valence electrons. The molecule has 0 spiro atoms. The van der Waals surface area contributed by atoms with Crippen molar-refractivity contribution in [3.63, 3.8) is 0 Å². The molecule has 0 aliphatic rings. The Balaban J connectivity index is 3.03. The van der Waals surface area contributed by atoms with Crippen molar-refractivity contribution in [1.82, 2.24) is 4.57 Å². The van der Waals surface area contributed by atoms with Gasteiger partial charge in [0.1, 0.15) is 0 Å². The highest BCUT2D eigenvalue weighted by Crippen LogP contribution is 2.04. The van der Waals surface area contributed by atoms with Crippen LogP contribution in [0, 0.1) is 6.92 Å². The van der Waals surface area contributed by atoms with E-state index in [0.29, 0.717) is 0 Å². The van der Waals surface area contributed by atoms with E-state index < -0.39 is 0 Å². The Morgan fingerprint density at radius 1 is 1.70 bits per heavy atom. The molecule has 10 heavy (non-hydrogen) atoms. The number of hydrogen-bond acceptors (Lipinski definition) is 1. The fourth-order valence-electron chi connectivity index (χ4n) is 1.05. The van der Waals surface area contributed by atoms with Crippen LogP contribution in [-0.2, 0) is 6.54 Å². The normalized spacial score (nSPS) is 9.80. The standard InChI is InChI=1S/C8H11NO/c1-3-9-5-8(6-10)4-7(9)2/h4-6H,3H2,1-2H3. The largest absolute Gasteiger partial charge is 0.351 e. The van der Waals surface area contributed by atoms with E-state index in [1.807, 2.05) is 23.8 Å². The molecule has 0 N–H and O–H groups in total. The lowest BCUT2D eigenvalue weighted by Crippen LogP contribution is -1.92. The zero-order valence-electron chi connectivity index (χ0n) is 6.29. The molecule has 1 rings (SSSR count). The van der Waals surface area contributed by atoms with Gasteiger partial charge in [0.15, 0.2) is 6.29 Å². The summed E-state index contributed by atoms with van der Waals surface area (Å²) < 4.78 is 2.05. The third-order valence-electron chi connectivity index (χ3n) is 1.61. The van der Waals surface area contributed by atoms with Gasteiger partial charge in [0, 0.05) is 24.0 Å². The lowest BCUT2D eigenvalue weighted by atomic mass is 10.3. The highest BCUT2D eigenvalue weighted by Gasteiger charge is 1.97. The van der Waals surface area contributed by atoms with Gasteiger partial charge < -0.3 is 4.57 Å². The topological polar surface area (TPSA) is 22.0 Å². The van der Waals surface area contributed by atoms with Crippen LogP contribution in [0.25, 0.3) is 0 Å². The van der Waals surface area contributed by atoms with Crippen LogP contribution in [0.5, 0.6) is 0 Å². The number of nitrogens with zero attached hydrogens (tertiary/aromatic N) is 1. The van der Waals surface area contributed by atoms with Crippen molar-refractivity contribution in [1.29, 1.82) is 0 Å².